The maximum Gasteiger partial charge on any atom is 0.254 e. The van der Waals surface area contributed by atoms with Gasteiger partial charge >= 0.3 is 0 Å². The van der Waals surface area contributed by atoms with Crippen LogP contribution < -0.4 is 5.73 Å². The molecule has 1 aromatic rings. The van der Waals surface area contributed by atoms with Crippen molar-refractivity contribution in [2.75, 3.05) is 5.08 Å². The quantitative estimate of drug-likeness (QED) is 0.513. The molecule has 2 N–H and O–H groups in total. The van der Waals surface area contributed by atoms with E-state index in [2.05, 4.69) is 0 Å². The van der Waals surface area contributed by atoms with Gasteiger partial charge in [-0.3, -0.25) is 9.59 Å². The van der Waals surface area contributed by atoms with Crippen molar-refractivity contribution in [3.63, 3.8) is 0 Å². The number of allylic oxidation sites excluding steroid dienone is 1. The molecule has 104 valence electrons. The number of rotatable bonds is 4. The standard InChI is InChI=1S/C13H9Cl2NO2S2/c14-8-2-1-3-9(15)7(8)4-5-10(17)11(12(16)18)13-19-6-20-13/h1-5H,6H2,(H2,16,18)/b5-4+. The molecule has 0 spiro atoms. The molecule has 7 heteroatoms. The molecule has 1 heterocycles. The van der Waals surface area contributed by atoms with E-state index >= 15 is 0 Å². The minimum atomic E-state index is -0.723. The van der Waals surface area contributed by atoms with E-state index in [1.54, 1.807) is 18.2 Å². The van der Waals surface area contributed by atoms with Gasteiger partial charge in [0, 0.05) is 20.7 Å². The molecule has 3 nitrogen and oxygen atoms in total. The van der Waals surface area contributed by atoms with Crippen LogP contribution in [0.2, 0.25) is 10.0 Å². The maximum absolute atomic E-state index is 12.1. The van der Waals surface area contributed by atoms with Crippen molar-refractivity contribution in [3.8, 4) is 0 Å². The van der Waals surface area contributed by atoms with E-state index in [1.165, 1.54) is 35.7 Å². The van der Waals surface area contributed by atoms with Gasteiger partial charge in [-0.2, -0.15) is 0 Å². The van der Waals surface area contributed by atoms with Gasteiger partial charge in [0.1, 0.15) is 5.57 Å². The lowest BCUT2D eigenvalue weighted by Crippen LogP contribution is -2.21. The Morgan fingerprint density at radius 3 is 2.25 bits per heavy atom. The first-order chi connectivity index (χ1) is 9.50. The van der Waals surface area contributed by atoms with Crippen LogP contribution in [0.1, 0.15) is 5.56 Å². The number of ketones is 1. The monoisotopic (exact) mass is 345 g/mol. The summed E-state index contributed by atoms with van der Waals surface area (Å²) in [5, 5.41) is 1.68. The van der Waals surface area contributed by atoms with Crippen LogP contribution in [0, 0.1) is 0 Å². The highest BCUT2D eigenvalue weighted by molar-refractivity contribution is 8.37. The number of amides is 1. The second kappa shape index (κ2) is 6.72. The second-order valence-electron chi connectivity index (χ2n) is 3.77. The fourth-order valence-corrected chi connectivity index (χ4v) is 3.65. The predicted molar refractivity (Wildman–Crippen MR) is 86.8 cm³/mol. The van der Waals surface area contributed by atoms with Crippen LogP contribution in [0.4, 0.5) is 0 Å². The van der Waals surface area contributed by atoms with Crippen molar-refractivity contribution < 1.29 is 9.59 Å². The third kappa shape index (κ3) is 3.41. The third-order valence-corrected chi connectivity index (χ3v) is 5.72. The molecule has 2 rings (SSSR count). The number of nitrogens with two attached hydrogens (primary N) is 1. The van der Waals surface area contributed by atoms with Gasteiger partial charge in [-0.15, -0.1) is 23.5 Å². The van der Waals surface area contributed by atoms with Gasteiger partial charge < -0.3 is 5.73 Å². The molecule has 0 saturated carbocycles. The number of thioether (sulfide) groups is 2. The molecule has 1 aliphatic rings. The summed E-state index contributed by atoms with van der Waals surface area (Å²) >= 11 is 14.9. The van der Waals surface area contributed by atoms with Gasteiger partial charge in [-0.1, -0.05) is 29.3 Å². The maximum atomic E-state index is 12.1. The summed E-state index contributed by atoms with van der Waals surface area (Å²) < 4.78 is 0.664. The van der Waals surface area contributed by atoms with Crippen LogP contribution in [0.25, 0.3) is 6.08 Å². The number of carbonyl (C=O) groups excluding carboxylic acids is 2. The zero-order valence-electron chi connectivity index (χ0n) is 10.1. The Labute approximate surface area is 134 Å². The zero-order valence-corrected chi connectivity index (χ0v) is 13.2. The Hall–Kier alpha value is -0.880. The molecular formula is C13H9Cl2NO2S2. The number of carbonyl (C=O) groups is 2. The van der Waals surface area contributed by atoms with Crippen LogP contribution in [0.3, 0.4) is 0 Å². The Morgan fingerprint density at radius 1 is 1.20 bits per heavy atom. The molecular weight excluding hydrogens is 337 g/mol. The van der Waals surface area contributed by atoms with Crippen molar-refractivity contribution >= 4 is 64.5 Å². The van der Waals surface area contributed by atoms with E-state index in [0.717, 1.165) is 5.08 Å². The first kappa shape index (κ1) is 15.5. The number of hydrogen-bond acceptors (Lipinski definition) is 4. The van der Waals surface area contributed by atoms with E-state index in [0.29, 0.717) is 19.8 Å². The van der Waals surface area contributed by atoms with Crippen molar-refractivity contribution in [2.24, 2.45) is 5.73 Å². The van der Waals surface area contributed by atoms with Crippen molar-refractivity contribution in [2.45, 2.75) is 0 Å². The summed E-state index contributed by atoms with van der Waals surface area (Å²) in [5.41, 5.74) is 5.80. The van der Waals surface area contributed by atoms with Gasteiger partial charge in [0.15, 0.2) is 5.78 Å². The predicted octanol–water partition coefficient (Wildman–Crippen LogP) is 3.71. The number of halogens is 2. The van der Waals surface area contributed by atoms with Crippen LogP contribution >= 0.6 is 46.7 Å². The smallest absolute Gasteiger partial charge is 0.254 e. The molecule has 1 fully saturated rings. The average Bonchev–Trinajstić information content (AvgIpc) is 2.32. The van der Waals surface area contributed by atoms with Gasteiger partial charge in [0.05, 0.1) is 4.24 Å². The van der Waals surface area contributed by atoms with E-state index < -0.39 is 11.7 Å². The molecule has 0 unspecified atom stereocenters. The van der Waals surface area contributed by atoms with Crippen molar-refractivity contribution in [1.82, 2.24) is 0 Å². The molecule has 1 aromatic carbocycles. The first-order valence-corrected chi connectivity index (χ1v) is 8.19. The van der Waals surface area contributed by atoms with Crippen LogP contribution in [-0.4, -0.2) is 16.8 Å². The molecule has 1 amide bonds. The van der Waals surface area contributed by atoms with Gasteiger partial charge in [-0.05, 0) is 24.3 Å². The molecule has 0 bridgehead atoms. The average molecular weight is 346 g/mol. The lowest BCUT2D eigenvalue weighted by Gasteiger charge is -2.17. The molecule has 20 heavy (non-hydrogen) atoms. The summed E-state index contributed by atoms with van der Waals surface area (Å²) in [6, 6.07) is 5.05. The second-order valence-corrected chi connectivity index (χ2v) is 7.18. The van der Waals surface area contributed by atoms with Crippen molar-refractivity contribution in [3.05, 3.63) is 49.7 Å². The van der Waals surface area contributed by atoms with Crippen LogP contribution in [-0.2, 0) is 9.59 Å². The molecule has 0 atom stereocenters. The lowest BCUT2D eigenvalue weighted by atomic mass is 10.1. The van der Waals surface area contributed by atoms with Gasteiger partial charge in [0.2, 0.25) is 0 Å². The summed E-state index contributed by atoms with van der Waals surface area (Å²) in [7, 11) is 0. The Morgan fingerprint density at radius 2 is 1.80 bits per heavy atom. The van der Waals surface area contributed by atoms with E-state index in [1.807, 2.05) is 0 Å². The fourth-order valence-electron chi connectivity index (χ4n) is 1.50. The fraction of sp³-hybridized carbons (Fsp3) is 0.0769. The Kier molecular flexibility index (Phi) is 5.21. The van der Waals surface area contributed by atoms with E-state index in [4.69, 9.17) is 28.9 Å². The van der Waals surface area contributed by atoms with Gasteiger partial charge in [0.25, 0.3) is 5.91 Å². The largest absolute Gasteiger partial charge is 0.365 e. The summed E-state index contributed by atoms with van der Waals surface area (Å²) in [4.78, 5) is 23.4. The lowest BCUT2D eigenvalue weighted by molar-refractivity contribution is -0.118. The normalized spacial score (nSPS) is 14.2. The third-order valence-electron chi connectivity index (χ3n) is 2.48. The Bertz CT molecular complexity index is 615. The van der Waals surface area contributed by atoms with Crippen LogP contribution in [0.5, 0.6) is 0 Å². The summed E-state index contributed by atoms with van der Waals surface area (Å²) in [5.74, 6) is -1.16. The number of benzene rings is 1. The summed E-state index contributed by atoms with van der Waals surface area (Å²) in [6.45, 7) is 0. The molecule has 0 aliphatic carbocycles. The minimum absolute atomic E-state index is 0.0191. The van der Waals surface area contributed by atoms with E-state index in [9.17, 15) is 9.59 Å². The van der Waals surface area contributed by atoms with Gasteiger partial charge in [-0.25, -0.2) is 0 Å². The molecule has 1 aliphatic heterocycles. The highest BCUT2D eigenvalue weighted by atomic mass is 35.5. The van der Waals surface area contributed by atoms with Crippen molar-refractivity contribution in [1.29, 1.82) is 0 Å². The Balaban J connectivity index is 2.27. The molecule has 1 saturated heterocycles. The highest BCUT2D eigenvalue weighted by Crippen LogP contribution is 2.45. The van der Waals surface area contributed by atoms with Crippen LogP contribution in [0.15, 0.2) is 34.1 Å². The highest BCUT2D eigenvalue weighted by Gasteiger charge is 2.24. The van der Waals surface area contributed by atoms with E-state index in [-0.39, 0.29) is 5.57 Å². The molecule has 0 aromatic heterocycles. The SMILES string of the molecule is NC(=O)C(C(=O)/C=C/c1c(Cl)cccc1Cl)=C1SCS1. The topological polar surface area (TPSA) is 60.2 Å². The number of primary amides is 1. The summed E-state index contributed by atoms with van der Waals surface area (Å²) in [6.07, 6.45) is 2.75. The number of hydrogen-bond donors (Lipinski definition) is 1. The zero-order chi connectivity index (χ0) is 14.7. The minimum Gasteiger partial charge on any atom is -0.365 e. The first-order valence-electron chi connectivity index (χ1n) is 5.47. The molecule has 0 radical (unpaired) electrons.